The molecule has 0 N–H and O–H groups in total. The highest BCUT2D eigenvalue weighted by atomic mass is 16.7. The van der Waals surface area contributed by atoms with Crippen molar-refractivity contribution in [2.24, 2.45) is 5.16 Å². The molecule has 25 heavy (non-hydrogen) atoms. The number of fused-ring (bicyclic) bond motifs is 1. The maximum absolute atomic E-state index is 10.7. The van der Waals surface area contributed by atoms with Gasteiger partial charge in [-0.15, -0.1) is 0 Å². The maximum Gasteiger partial charge on any atom is 0.331 e. The molecule has 3 rings (SSSR count). The van der Waals surface area contributed by atoms with Crippen molar-refractivity contribution in [1.29, 1.82) is 0 Å². The van der Waals surface area contributed by atoms with Crippen LogP contribution in [-0.4, -0.2) is 22.2 Å². The number of aromatic nitrogens is 2. The molecule has 0 aliphatic rings. The second-order valence-electron chi connectivity index (χ2n) is 5.42. The third-order valence-electron chi connectivity index (χ3n) is 3.48. The highest BCUT2D eigenvalue weighted by Crippen LogP contribution is 2.16. The molecule has 0 spiro atoms. The molecule has 0 aliphatic carbocycles. The summed E-state index contributed by atoms with van der Waals surface area (Å²) < 4.78 is 5.79. The Morgan fingerprint density at radius 1 is 1.08 bits per heavy atom. The summed E-state index contributed by atoms with van der Waals surface area (Å²) in [5, 5.41) is 3.57. The van der Waals surface area contributed by atoms with E-state index in [1.807, 2.05) is 55.5 Å². The van der Waals surface area contributed by atoms with Crippen LogP contribution in [0.5, 0.6) is 5.75 Å². The van der Waals surface area contributed by atoms with Gasteiger partial charge in [-0.3, -0.25) is 0 Å². The first-order chi connectivity index (χ1) is 12.1. The van der Waals surface area contributed by atoms with Gasteiger partial charge in [0.2, 0.25) is 0 Å². The van der Waals surface area contributed by atoms with Gasteiger partial charge in [0, 0.05) is 6.92 Å². The topological polar surface area (TPSA) is 73.7 Å². The van der Waals surface area contributed by atoms with Gasteiger partial charge in [0.1, 0.15) is 12.4 Å². The lowest BCUT2D eigenvalue weighted by molar-refractivity contribution is -0.140. The minimum absolute atomic E-state index is 0.338. The molecular weight excluding hydrogens is 318 g/mol. The summed E-state index contributed by atoms with van der Waals surface area (Å²) >= 11 is 0. The Bertz CT molecular complexity index is 921. The molecule has 0 bridgehead atoms. The van der Waals surface area contributed by atoms with Gasteiger partial charge in [0.15, 0.2) is 0 Å². The molecule has 0 amide bonds. The van der Waals surface area contributed by atoms with Crippen molar-refractivity contribution in [2.45, 2.75) is 20.5 Å². The van der Waals surface area contributed by atoms with Crippen LogP contribution >= 0.6 is 0 Å². The van der Waals surface area contributed by atoms with Crippen molar-refractivity contribution >= 4 is 23.2 Å². The fourth-order valence-electron chi connectivity index (χ4n) is 2.22. The van der Waals surface area contributed by atoms with Crippen molar-refractivity contribution in [3.8, 4) is 5.75 Å². The molecule has 0 radical (unpaired) electrons. The molecule has 1 heterocycles. The van der Waals surface area contributed by atoms with Crippen molar-refractivity contribution < 1.29 is 14.4 Å². The Kier molecular flexibility index (Phi) is 4.99. The Labute approximate surface area is 145 Å². The lowest BCUT2D eigenvalue weighted by Crippen LogP contribution is -2.03. The predicted octanol–water partition coefficient (Wildman–Crippen LogP) is 3.41. The van der Waals surface area contributed by atoms with Gasteiger partial charge in [-0.05, 0) is 48.9 Å². The number of hydrogen-bond acceptors (Lipinski definition) is 6. The Morgan fingerprint density at radius 3 is 2.44 bits per heavy atom. The zero-order chi connectivity index (χ0) is 17.6. The second-order valence-corrected chi connectivity index (χ2v) is 5.42. The molecule has 2 aromatic carbocycles. The zero-order valence-electron chi connectivity index (χ0n) is 14.0. The normalized spacial score (nSPS) is 11.0. The molecule has 0 aliphatic heterocycles. The van der Waals surface area contributed by atoms with Gasteiger partial charge in [-0.25, -0.2) is 14.8 Å². The van der Waals surface area contributed by atoms with Crippen LogP contribution in [0.15, 0.2) is 53.7 Å². The molecule has 1 aromatic heterocycles. The summed E-state index contributed by atoms with van der Waals surface area (Å²) in [5.74, 6) is 0.252. The van der Waals surface area contributed by atoms with Crippen LogP contribution in [0.4, 0.5) is 0 Å². The number of aryl methyl sites for hydroxylation is 1. The monoisotopic (exact) mass is 335 g/mol. The van der Waals surface area contributed by atoms with Crippen LogP contribution < -0.4 is 4.74 Å². The molecule has 0 saturated carbocycles. The third-order valence-corrected chi connectivity index (χ3v) is 3.48. The maximum atomic E-state index is 10.7. The number of carbonyl (C=O) groups excluding carboxylic acids is 1. The average molecular weight is 335 g/mol. The van der Waals surface area contributed by atoms with E-state index in [0.29, 0.717) is 12.4 Å². The predicted molar refractivity (Wildman–Crippen MR) is 94.4 cm³/mol. The van der Waals surface area contributed by atoms with Crippen LogP contribution in [0, 0.1) is 6.92 Å². The third kappa shape index (κ3) is 4.38. The molecule has 3 aromatic rings. The lowest BCUT2D eigenvalue weighted by atomic mass is 10.2. The highest BCUT2D eigenvalue weighted by Gasteiger charge is 2.06. The van der Waals surface area contributed by atoms with E-state index in [9.17, 15) is 4.79 Å². The summed E-state index contributed by atoms with van der Waals surface area (Å²) in [6, 6.07) is 15.0. The van der Waals surface area contributed by atoms with E-state index in [-0.39, 0.29) is 0 Å². The number of hydrogen-bond donors (Lipinski definition) is 0. The van der Waals surface area contributed by atoms with E-state index in [1.165, 1.54) is 13.1 Å². The lowest BCUT2D eigenvalue weighted by Gasteiger charge is -2.09. The van der Waals surface area contributed by atoms with Gasteiger partial charge in [0.05, 0.1) is 28.6 Å². The fourth-order valence-corrected chi connectivity index (χ4v) is 2.22. The van der Waals surface area contributed by atoms with Crippen LogP contribution in [-0.2, 0) is 16.2 Å². The van der Waals surface area contributed by atoms with Gasteiger partial charge in [-0.2, -0.15) is 0 Å². The number of benzene rings is 2. The fraction of sp³-hybridized carbons (Fsp3) is 0.158. The second kappa shape index (κ2) is 7.53. The number of oxime groups is 1. The summed E-state index contributed by atoms with van der Waals surface area (Å²) in [4.78, 5) is 24.3. The number of rotatable bonds is 5. The van der Waals surface area contributed by atoms with Crippen molar-refractivity contribution in [1.82, 2.24) is 9.97 Å². The molecule has 6 nitrogen and oxygen atoms in total. The summed E-state index contributed by atoms with van der Waals surface area (Å²) in [6.07, 6.45) is 1.46. The largest absolute Gasteiger partial charge is 0.487 e. The summed E-state index contributed by atoms with van der Waals surface area (Å²) in [6.45, 7) is 3.56. The highest BCUT2D eigenvalue weighted by molar-refractivity contribution is 5.80. The van der Waals surface area contributed by atoms with Crippen molar-refractivity contribution in [3.63, 3.8) is 0 Å². The number of carbonyl (C=O) groups is 1. The molecule has 126 valence electrons. The van der Waals surface area contributed by atoms with E-state index in [1.54, 1.807) is 0 Å². The zero-order valence-corrected chi connectivity index (χ0v) is 14.0. The van der Waals surface area contributed by atoms with Gasteiger partial charge in [0.25, 0.3) is 0 Å². The van der Waals surface area contributed by atoms with Crippen LogP contribution in [0.1, 0.15) is 23.9 Å². The van der Waals surface area contributed by atoms with Gasteiger partial charge < -0.3 is 9.57 Å². The Balaban J connectivity index is 1.66. The first-order valence-corrected chi connectivity index (χ1v) is 7.78. The minimum Gasteiger partial charge on any atom is -0.487 e. The standard InChI is InChI=1S/C19H17N3O3/c1-13-19(22-18-6-4-3-5-17(18)21-13)12-24-16-9-7-15(8-10-16)11-20-25-14(2)23/h3-11H,12H2,1-2H3/b20-11+. The molecule has 6 heteroatoms. The molecule has 0 saturated heterocycles. The summed E-state index contributed by atoms with van der Waals surface area (Å²) in [5.41, 5.74) is 4.18. The quantitative estimate of drug-likeness (QED) is 0.406. The number of para-hydroxylation sites is 2. The average Bonchev–Trinajstić information content (AvgIpc) is 2.61. The van der Waals surface area contributed by atoms with Crippen molar-refractivity contribution in [2.75, 3.05) is 0 Å². The van der Waals surface area contributed by atoms with Gasteiger partial charge in [-0.1, -0.05) is 17.3 Å². The molecule has 0 fully saturated rings. The molecule has 0 unspecified atom stereocenters. The Hall–Kier alpha value is -3.28. The molecular formula is C19H17N3O3. The van der Waals surface area contributed by atoms with Crippen LogP contribution in [0.3, 0.4) is 0 Å². The van der Waals surface area contributed by atoms with E-state index in [2.05, 4.69) is 20.0 Å². The van der Waals surface area contributed by atoms with Gasteiger partial charge >= 0.3 is 5.97 Å². The van der Waals surface area contributed by atoms with Crippen LogP contribution in [0.2, 0.25) is 0 Å². The SMILES string of the molecule is CC(=O)O/N=C/c1ccc(OCc2nc3ccccc3nc2C)cc1. The van der Waals surface area contributed by atoms with E-state index in [4.69, 9.17) is 4.74 Å². The number of ether oxygens (including phenoxy) is 1. The Morgan fingerprint density at radius 2 is 1.76 bits per heavy atom. The van der Waals surface area contributed by atoms with E-state index >= 15 is 0 Å². The summed E-state index contributed by atoms with van der Waals surface area (Å²) in [7, 11) is 0. The first kappa shape index (κ1) is 16.6. The number of nitrogens with zero attached hydrogens (tertiary/aromatic N) is 3. The first-order valence-electron chi connectivity index (χ1n) is 7.78. The van der Waals surface area contributed by atoms with Crippen molar-refractivity contribution in [3.05, 3.63) is 65.5 Å². The minimum atomic E-state index is -0.455. The van der Waals surface area contributed by atoms with E-state index < -0.39 is 5.97 Å². The smallest absolute Gasteiger partial charge is 0.331 e. The van der Waals surface area contributed by atoms with E-state index in [0.717, 1.165) is 28.0 Å². The molecule has 0 atom stereocenters. The van der Waals surface area contributed by atoms with Crippen LogP contribution in [0.25, 0.3) is 11.0 Å².